The standard InChI is InChI=1S/C10H4F9O/c11-7(12,9(14,15)16)8(13,10(17,18)19)20-6-4-2-1-3-5-6/h2-5H. The van der Waals surface area contributed by atoms with Gasteiger partial charge >= 0.3 is 24.1 Å². The molecule has 113 valence electrons. The van der Waals surface area contributed by atoms with E-state index in [1.54, 1.807) is 0 Å². The summed E-state index contributed by atoms with van der Waals surface area (Å²) in [5, 5.41) is 0. The predicted octanol–water partition coefficient (Wildman–Crippen LogP) is 4.29. The van der Waals surface area contributed by atoms with Crippen LogP contribution in [0.3, 0.4) is 0 Å². The minimum absolute atomic E-state index is 0.548. The Hall–Kier alpha value is -1.61. The van der Waals surface area contributed by atoms with Crippen LogP contribution in [0.5, 0.6) is 5.75 Å². The summed E-state index contributed by atoms with van der Waals surface area (Å²) in [6.45, 7) is 0. The van der Waals surface area contributed by atoms with Gasteiger partial charge in [-0.05, 0) is 18.2 Å². The molecule has 0 amide bonds. The van der Waals surface area contributed by atoms with Crippen molar-refractivity contribution in [3.63, 3.8) is 0 Å². The fourth-order valence-electron chi connectivity index (χ4n) is 1.08. The molecule has 0 bridgehead atoms. The molecule has 0 saturated carbocycles. The first kappa shape index (κ1) is 16.4. The van der Waals surface area contributed by atoms with Crippen molar-refractivity contribution in [1.82, 2.24) is 0 Å². The van der Waals surface area contributed by atoms with Gasteiger partial charge < -0.3 is 4.74 Å². The molecule has 0 fully saturated rings. The lowest BCUT2D eigenvalue weighted by molar-refractivity contribution is -0.432. The number of halogens is 9. The third-order valence-corrected chi connectivity index (χ3v) is 2.07. The van der Waals surface area contributed by atoms with Gasteiger partial charge in [-0.1, -0.05) is 12.1 Å². The van der Waals surface area contributed by atoms with Crippen molar-refractivity contribution < 1.29 is 44.3 Å². The second-order valence-electron chi connectivity index (χ2n) is 3.50. The van der Waals surface area contributed by atoms with Crippen molar-refractivity contribution in [3.05, 3.63) is 30.3 Å². The number of alkyl halides is 9. The first-order valence-corrected chi connectivity index (χ1v) is 4.68. The topological polar surface area (TPSA) is 9.23 Å². The normalized spacial score (nSPS) is 16.6. The van der Waals surface area contributed by atoms with E-state index in [1.165, 1.54) is 0 Å². The van der Waals surface area contributed by atoms with Crippen molar-refractivity contribution >= 4 is 0 Å². The highest BCUT2D eigenvalue weighted by molar-refractivity contribution is 5.22. The Morgan fingerprint density at radius 3 is 1.55 bits per heavy atom. The monoisotopic (exact) mass is 311 g/mol. The van der Waals surface area contributed by atoms with Gasteiger partial charge in [0.15, 0.2) is 0 Å². The molecule has 0 aliphatic heterocycles. The van der Waals surface area contributed by atoms with E-state index in [0.29, 0.717) is 12.1 Å². The molecule has 0 heterocycles. The van der Waals surface area contributed by atoms with E-state index >= 15 is 0 Å². The van der Waals surface area contributed by atoms with E-state index < -0.39 is 29.9 Å². The number of rotatable bonds is 3. The van der Waals surface area contributed by atoms with Crippen LogP contribution in [0.1, 0.15) is 0 Å². The van der Waals surface area contributed by atoms with Gasteiger partial charge in [0.25, 0.3) is 0 Å². The van der Waals surface area contributed by atoms with Gasteiger partial charge in [0, 0.05) is 0 Å². The molecule has 1 radical (unpaired) electrons. The quantitative estimate of drug-likeness (QED) is 0.757. The molecule has 0 aliphatic rings. The highest BCUT2D eigenvalue weighted by Gasteiger charge is 2.84. The Bertz CT molecular complexity index is 450. The molecular weight excluding hydrogens is 307 g/mol. The zero-order chi connectivity index (χ0) is 15.8. The van der Waals surface area contributed by atoms with E-state index in [9.17, 15) is 39.5 Å². The maximum atomic E-state index is 13.4. The molecule has 0 saturated heterocycles. The molecule has 0 spiro atoms. The Kier molecular flexibility index (Phi) is 3.90. The van der Waals surface area contributed by atoms with Crippen molar-refractivity contribution in [2.75, 3.05) is 0 Å². The minimum Gasteiger partial charge on any atom is -0.445 e. The van der Waals surface area contributed by atoms with Crippen molar-refractivity contribution in [2.24, 2.45) is 0 Å². The molecule has 10 heteroatoms. The van der Waals surface area contributed by atoms with Crippen LogP contribution in [-0.4, -0.2) is 24.1 Å². The fraction of sp³-hybridized carbons (Fsp3) is 0.400. The number of hydrogen-bond acceptors (Lipinski definition) is 1. The summed E-state index contributed by atoms with van der Waals surface area (Å²) < 4.78 is 115. The van der Waals surface area contributed by atoms with E-state index in [1.807, 2.05) is 0 Å². The Labute approximate surface area is 105 Å². The van der Waals surface area contributed by atoms with E-state index in [2.05, 4.69) is 10.8 Å². The third-order valence-electron chi connectivity index (χ3n) is 2.07. The second kappa shape index (κ2) is 4.74. The zero-order valence-electron chi connectivity index (χ0n) is 9.12. The molecule has 1 unspecified atom stereocenters. The van der Waals surface area contributed by atoms with E-state index in [4.69, 9.17) is 0 Å². The maximum Gasteiger partial charge on any atom is 0.467 e. The molecular formula is C10H4F9O. The second-order valence-corrected chi connectivity index (χ2v) is 3.50. The van der Waals surface area contributed by atoms with Crippen molar-refractivity contribution in [3.8, 4) is 5.75 Å². The smallest absolute Gasteiger partial charge is 0.445 e. The van der Waals surface area contributed by atoms with Crippen LogP contribution in [0.15, 0.2) is 24.3 Å². The molecule has 1 rings (SSSR count). The number of benzene rings is 1. The molecule has 0 aliphatic carbocycles. The maximum absolute atomic E-state index is 13.4. The summed E-state index contributed by atoms with van der Waals surface area (Å²) in [7, 11) is 0. The Morgan fingerprint density at radius 1 is 0.750 bits per heavy atom. The number of hydrogen-bond donors (Lipinski definition) is 0. The molecule has 1 atom stereocenters. The number of ether oxygens (including phenoxy) is 1. The summed E-state index contributed by atoms with van der Waals surface area (Å²) in [5.41, 5.74) is 0. The third kappa shape index (κ3) is 2.63. The largest absolute Gasteiger partial charge is 0.467 e. The van der Waals surface area contributed by atoms with Crippen LogP contribution in [0.4, 0.5) is 39.5 Å². The summed E-state index contributed by atoms with van der Waals surface area (Å²) in [6, 6.07) is 5.02. The van der Waals surface area contributed by atoms with E-state index in [0.717, 1.165) is 12.1 Å². The minimum atomic E-state index is -6.79. The molecule has 0 aromatic heterocycles. The lowest BCUT2D eigenvalue weighted by atomic mass is 10.1. The Balaban J connectivity index is 3.32. The lowest BCUT2D eigenvalue weighted by Crippen LogP contribution is -2.65. The highest BCUT2D eigenvalue weighted by Crippen LogP contribution is 2.53. The van der Waals surface area contributed by atoms with Crippen molar-refractivity contribution in [1.29, 1.82) is 0 Å². The molecule has 0 N–H and O–H groups in total. The van der Waals surface area contributed by atoms with E-state index in [-0.39, 0.29) is 0 Å². The molecule has 1 aromatic carbocycles. The summed E-state index contributed by atoms with van der Waals surface area (Å²) in [6.07, 6.45) is -13.4. The van der Waals surface area contributed by atoms with Crippen LogP contribution in [0.25, 0.3) is 0 Å². The average molecular weight is 311 g/mol. The van der Waals surface area contributed by atoms with Crippen LogP contribution in [0, 0.1) is 6.07 Å². The highest BCUT2D eigenvalue weighted by atomic mass is 19.4. The van der Waals surface area contributed by atoms with Gasteiger partial charge in [-0.25, -0.2) is 0 Å². The van der Waals surface area contributed by atoms with Gasteiger partial charge in [0.05, 0.1) is 0 Å². The summed E-state index contributed by atoms with van der Waals surface area (Å²) in [4.78, 5) is 0. The van der Waals surface area contributed by atoms with Crippen LogP contribution >= 0.6 is 0 Å². The van der Waals surface area contributed by atoms with Crippen LogP contribution < -0.4 is 4.74 Å². The summed E-state index contributed by atoms with van der Waals surface area (Å²) >= 11 is 0. The van der Waals surface area contributed by atoms with Crippen LogP contribution in [-0.2, 0) is 0 Å². The molecule has 20 heavy (non-hydrogen) atoms. The first-order chi connectivity index (χ1) is 8.83. The van der Waals surface area contributed by atoms with Gasteiger partial charge in [-0.3, -0.25) is 0 Å². The van der Waals surface area contributed by atoms with Crippen LogP contribution in [0.2, 0.25) is 0 Å². The fourth-order valence-corrected chi connectivity index (χ4v) is 1.08. The van der Waals surface area contributed by atoms with Gasteiger partial charge in [0.1, 0.15) is 5.75 Å². The van der Waals surface area contributed by atoms with Gasteiger partial charge in [0.2, 0.25) is 0 Å². The lowest BCUT2D eigenvalue weighted by Gasteiger charge is -2.35. The van der Waals surface area contributed by atoms with Gasteiger partial charge in [-0.15, -0.1) is 0 Å². The predicted molar refractivity (Wildman–Crippen MR) is 46.8 cm³/mol. The average Bonchev–Trinajstić information content (AvgIpc) is 2.27. The SMILES string of the molecule is FC(F)(F)C(F)(F)C(F)(Oc1cc[c]cc1)C(F)(F)F. The Morgan fingerprint density at radius 2 is 1.20 bits per heavy atom. The zero-order valence-corrected chi connectivity index (χ0v) is 9.12. The molecule has 1 nitrogen and oxygen atoms in total. The molecule has 1 aromatic rings. The van der Waals surface area contributed by atoms with Gasteiger partial charge in [-0.2, -0.15) is 39.5 Å². The van der Waals surface area contributed by atoms with Crippen molar-refractivity contribution in [2.45, 2.75) is 24.1 Å². The summed E-state index contributed by atoms with van der Waals surface area (Å²) in [5.74, 6) is -14.2. The first-order valence-electron chi connectivity index (χ1n) is 4.68.